The SMILES string of the molecule is Cn1cc(C(=O)NCCCCn2cc(-c3ccc(C(=O)O)cn3)nn2)cn1. The summed E-state index contributed by atoms with van der Waals surface area (Å²) in [6.07, 6.45) is 7.87. The number of aromatic nitrogens is 6. The molecule has 3 aromatic rings. The van der Waals surface area contributed by atoms with Gasteiger partial charge in [0.1, 0.15) is 5.69 Å². The molecule has 10 heteroatoms. The van der Waals surface area contributed by atoms with Gasteiger partial charge in [0.05, 0.1) is 29.2 Å². The van der Waals surface area contributed by atoms with Gasteiger partial charge in [0.15, 0.2) is 0 Å². The van der Waals surface area contributed by atoms with Gasteiger partial charge in [-0.2, -0.15) is 5.10 Å². The quantitative estimate of drug-likeness (QED) is 0.567. The summed E-state index contributed by atoms with van der Waals surface area (Å²) < 4.78 is 3.28. The van der Waals surface area contributed by atoms with E-state index in [0.717, 1.165) is 12.8 Å². The lowest BCUT2D eigenvalue weighted by Crippen LogP contribution is -2.24. The molecule has 1 amide bonds. The number of nitrogens with one attached hydrogen (secondary N) is 1. The van der Waals surface area contributed by atoms with Crippen molar-refractivity contribution in [3.8, 4) is 11.4 Å². The van der Waals surface area contributed by atoms with Gasteiger partial charge in [-0.3, -0.25) is 19.1 Å². The first-order valence-corrected chi connectivity index (χ1v) is 8.39. The molecule has 0 radical (unpaired) electrons. The first kappa shape index (κ1) is 18.2. The van der Waals surface area contributed by atoms with Crippen molar-refractivity contribution in [1.29, 1.82) is 0 Å². The number of unbranched alkanes of at least 4 members (excludes halogenated alkanes) is 1. The Hall–Kier alpha value is -3.56. The normalized spacial score (nSPS) is 10.7. The minimum atomic E-state index is -1.02. The highest BCUT2D eigenvalue weighted by molar-refractivity contribution is 5.93. The lowest BCUT2D eigenvalue weighted by atomic mass is 10.2. The summed E-state index contributed by atoms with van der Waals surface area (Å²) in [5.74, 6) is -1.16. The number of aromatic carboxylic acids is 1. The minimum Gasteiger partial charge on any atom is -0.478 e. The van der Waals surface area contributed by atoms with Crippen LogP contribution in [0.3, 0.4) is 0 Å². The summed E-state index contributed by atoms with van der Waals surface area (Å²) in [4.78, 5) is 26.8. The topological polar surface area (TPSA) is 128 Å². The van der Waals surface area contributed by atoms with Crippen molar-refractivity contribution < 1.29 is 14.7 Å². The van der Waals surface area contributed by atoms with Gasteiger partial charge in [-0.25, -0.2) is 4.79 Å². The zero-order valence-corrected chi connectivity index (χ0v) is 14.7. The number of hydrogen-bond acceptors (Lipinski definition) is 6. The number of carboxylic acid groups (broad SMARTS) is 1. The molecule has 10 nitrogen and oxygen atoms in total. The summed E-state index contributed by atoms with van der Waals surface area (Å²) >= 11 is 0. The fourth-order valence-electron chi connectivity index (χ4n) is 2.44. The third-order valence-corrected chi connectivity index (χ3v) is 3.88. The average molecular weight is 369 g/mol. The Morgan fingerprint density at radius 2 is 1.96 bits per heavy atom. The molecule has 0 aliphatic heterocycles. The van der Waals surface area contributed by atoms with Gasteiger partial charge < -0.3 is 10.4 Å². The lowest BCUT2D eigenvalue weighted by Gasteiger charge is -2.03. The van der Waals surface area contributed by atoms with E-state index in [9.17, 15) is 9.59 Å². The zero-order valence-electron chi connectivity index (χ0n) is 14.7. The van der Waals surface area contributed by atoms with E-state index in [1.807, 2.05) is 0 Å². The molecule has 0 aromatic carbocycles. The van der Waals surface area contributed by atoms with E-state index >= 15 is 0 Å². The Labute approximate surface area is 154 Å². The minimum absolute atomic E-state index is 0.125. The van der Waals surface area contributed by atoms with Crippen LogP contribution in [0.4, 0.5) is 0 Å². The van der Waals surface area contributed by atoms with Crippen molar-refractivity contribution in [1.82, 2.24) is 35.1 Å². The molecule has 0 bridgehead atoms. The highest BCUT2D eigenvalue weighted by Crippen LogP contribution is 2.13. The Balaban J connectivity index is 1.43. The highest BCUT2D eigenvalue weighted by Gasteiger charge is 2.09. The van der Waals surface area contributed by atoms with Crippen LogP contribution in [-0.4, -0.2) is 53.3 Å². The summed E-state index contributed by atoms with van der Waals surface area (Å²) in [6.45, 7) is 1.22. The number of carbonyl (C=O) groups excluding carboxylic acids is 1. The number of amides is 1. The van der Waals surface area contributed by atoms with Crippen LogP contribution in [0.1, 0.15) is 33.6 Å². The van der Waals surface area contributed by atoms with Gasteiger partial charge >= 0.3 is 5.97 Å². The van der Waals surface area contributed by atoms with E-state index in [2.05, 4.69) is 25.7 Å². The first-order chi connectivity index (χ1) is 13.0. The lowest BCUT2D eigenvalue weighted by molar-refractivity contribution is 0.0696. The Bertz CT molecular complexity index is 930. The van der Waals surface area contributed by atoms with Crippen molar-refractivity contribution in [2.75, 3.05) is 6.54 Å². The van der Waals surface area contributed by atoms with Crippen LogP contribution in [-0.2, 0) is 13.6 Å². The third-order valence-electron chi connectivity index (χ3n) is 3.88. The van der Waals surface area contributed by atoms with E-state index in [-0.39, 0.29) is 11.5 Å². The first-order valence-electron chi connectivity index (χ1n) is 8.39. The Morgan fingerprint density at radius 1 is 1.11 bits per heavy atom. The van der Waals surface area contributed by atoms with Crippen molar-refractivity contribution in [3.63, 3.8) is 0 Å². The average Bonchev–Trinajstić information content (AvgIpc) is 3.30. The number of hydrogen-bond donors (Lipinski definition) is 2. The smallest absolute Gasteiger partial charge is 0.337 e. The molecule has 3 heterocycles. The number of rotatable bonds is 8. The molecule has 3 aromatic heterocycles. The van der Waals surface area contributed by atoms with Crippen LogP contribution in [0.15, 0.2) is 36.9 Å². The summed E-state index contributed by atoms with van der Waals surface area (Å²) in [5.41, 5.74) is 1.81. The van der Waals surface area contributed by atoms with E-state index < -0.39 is 5.97 Å². The monoisotopic (exact) mass is 369 g/mol. The molecule has 27 heavy (non-hydrogen) atoms. The van der Waals surface area contributed by atoms with Crippen LogP contribution in [0.5, 0.6) is 0 Å². The van der Waals surface area contributed by atoms with E-state index in [1.165, 1.54) is 18.5 Å². The van der Waals surface area contributed by atoms with E-state index in [0.29, 0.717) is 30.0 Å². The fourth-order valence-corrected chi connectivity index (χ4v) is 2.44. The molecule has 140 valence electrons. The predicted molar refractivity (Wildman–Crippen MR) is 95.0 cm³/mol. The molecule has 2 N–H and O–H groups in total. The fraction of sp³-hybridized carbons (Fsp3) is 0.294. The zero-order chi connectivity index (χ0) is 19.2. The number of pyridine rings is 1. The molecule has 0 aliphatic carbocycles. The molecular formula is C17H19N7O3. The largest absolute Gasteiger partial charge is 0.478 e. The van der Waals surface area contributed by atoms with Crippen molar-refractivity contribution in [2.45, 2.75) is 19.4 Å². The van der Waals surface area contributed by atoms with E-state index in [4.69, 9.17) is 5.11 Å². The standard InChI is InChI=1S/C17H19N7O3/c1-23-10-13(9-20-23)16(25)18-6-2-3-7-24-11-15(21-22-24)14-5-4-12(8-19-14)17(26)27/h4-5,8-11H,2-3,6-7H2,1H3,(H,18,25)(H,26,27). The van der Waals surface area contributed by atoms with Gasteiger partial charge in [0.2, 0.25) is 0 Å². The number of aryl methyl sites for hydroxylation is 2. The molecule has 0 unspecified atom stereocenters. The molecule has 0 spiro atoms. The molecule has 0 saturated heterocycles. The van der Waals surface area contributed by atoms with Gasteiger partial charge in [-0.15, -0.1) is 5.10 Å². The van der Waals surface area contributed by atoms with Crippen LogP contribution in [0.2, 0.25) is 0 Å². The molecule has 0 aliphatic rings. The molecule has 0 atom stereocenters. The van der Waals surface area contributed by atoms with Crippen molar-refractivity contribution in [3.05, 3.63) is 48.0 Å². The predicted octanol–water partition coefficient (Wildman–Crippen LogP) is 0.982. The van der Waals surface area contributed by atoms with Crippen LogP contribution >= 0.6 is 0 Å². The van der Waals surface area contributed by atoms with Crippen LogP contribution in [0, 0.1) is 0 Å². The maximum absolute atomic E-state index is 11.9. The summed E-state index contributed by atoms with van der Waals surface area (Å²) in [6, 6.07) is 3.08. The summed E-state index contributed by atoms with van der Waals surface area (Å²) in [5, 5.41) is 23.8. The Kier molecular flexibility index (Phi) is 5.55. The van der Waals surface area contributed by atoms with Crippen molar-refractivity contribution in [2.24, 2.45) is 7.05 Å². The second kappa shape index (κ2) is 8.21. The van der Waals surface area contributed by atoms with Gasteiger partial charge in [0.25, 0.3) is 5.91 Å². The Morgan fingerprint density at radius 3 is 2.63 bits per heavy atom. The van der Waals surface area contributed by atoms with Gasteiger partial charge in [-0.05, 0) is 25.0 Å². The third kappa shape index (κ3) is 4.75. The maximum atomic E-state index is 11.9. The van der Waals surface area contributed by atoms with Crippen LogP contribution < -0.4 is 5.32 Å². The van der Waals surface area contributed by atoms with Gasteiger partial charge in [0, 0.05) is 32.5 Å². The second-order valence-corrected chi connectivity index (χ2v) is 5.97. The maximum Gasteiger partial charge on any atom is 0.337 e. The molecule has 0 fully saturated rings. The van der Waals surface area contributed by atoms with Crippen molar-refractivity contribution >= 4 is 11.9 Å². The molecular weight excluding hydrogens is 350 g/mol. The van der Waals surface area contributed by atoms with Gasteiger partial charge in [-0.1, -0.05) is 5.21 Å². The second-order valence-electron chi connectivity index (χ2n) is 5.97. The number of carboxylic acids is 1. The molecule has 3 rings (SSSR count). The molecule has 0 saturated carbocycles. The number of nitrogens with zero attached hydrogens (tertiary/aromatic N) is 6. The number of carbonyl (C=O) groups is 2. The van der Waals surface area contributed by atoms with E-state index in [1.54, 1.807) is 34.9 Å². The van der Waals surface area contributed by atoms with Crippen LogP contribution in [0.25, 0.3) is 11.4 Å². The highest BCUT2D eigenvalue weighted by atomic mass is 16.4. The summed E-state index contributed by atoms with van der Waals surface area (Å²) in [7, 11) is 1.76.